The van der Waals surface area contributed by atoms with Gasteiger partial charge in [-0.3, -0.25) is 4.79 Å². The summed E-state index contributed by atoms with van der Waals surface area (Å²) in [6, 6.07) is 14.5. The summed E-state index contributed by atoms with van der Waals surface area (Å²) in [5.41, 5.74) is 0.412. The van der Waals surface area contributed by atoms with Gasteiger partial charge >= 0.3 is 0 Å². The monoisotopic (exact) mass is 390 g/mol. The average molecular weight is 390 g/mol. The zero-order valence-electron chi connectivity index (χ0n) is 15.2. The van der Waals surface area contributed by atoms with Crippen molar-refractivity contribution in [1.29, 1.82) is 0 Å². The maximum atomic E-state index is 13.0. The minimum Gasteiger partial charge on any atom is -0.352 e. The fourth-order valence-electron chi connectivity index (χ4n) is 3.19. The van der Waals surface area contributed by atoms with Crippen molar-refractivity contribution >= 4 is 15.9 Å². The zero-order valence-corrected chi connectivity index (χ0v) is 16.0. The summed E-state index contributed by atoms with van der Waals surface area (Å²) >= 11 is 0. The molecule has 0 bridgehead atoms. The molecular weight excluding hydrogens is 367 g/mol. The van der Waals surface area contributed by atoms with Crippen LogP contribution >= 0.6 is 0 Å². The molecule has 0 unspecified atom stereocenters. The van der Waals surface area contributed by atoms with Crippen molar-refractivity contribution in [2.24, 2.45) is 5.41 Å². The first-order valence-electron chi connectivity index (χ1n) is 8.89. The summed E-state index contributed by atoms with van der Waals surface area (Å²) in [6.07, 6.45) is 0.877. The van der Waals surface area contributed by atoms with E-state index in [2.05, 4.69) is 5.32 Å². The van der Waals surface area contributed by atoms with Gasteiger partial charge in [0.15, 0.2) is 0 Å². The number of nitrogens with zero attached hydrogens (tertiary/aromatic N) is 1. The first kappa shape index (κ1) is 19.5. The number of carbonyl (C=O) groups is 1. The molecule has 1 aliphatic rings. The Kier molecular flexibility index (Phi) is 5.62. The van der Waals surface area contributed by atoms with E-state index in [-0.39, 0.29) is 23.9 Å². The maximum absolute atomic E-state index is 13.0. The summed E-state index contributed by atoms with van der Waals surface area (Å²) < 4.78 is 39.8. The van der Waals surface area contributed by atoms with Gasteiger partial charge in [-0.15, -0.1) is 0 Å². The first-order chi connectivity index (χ1) is 12.8. The second-order valence-corrected chi connectivity index (χ2v) is 9.02. The number of hydrogen-bond donors (Lipinski definition) is 1. The van der Waals surface area contributed by atoms with Crippen LogP contribution in [0.5, 0.6) is 0 Å². The summed E-state index contributed by atoms with van der Waals surface area (Å²) in [5, 5.41) is 2.95. The summed E-state index contributed by atoms with van der Waals surface area (Å²) in [7, 11) is -3.67. The highest BCUT2D eigenvalue weighted by atomic mass is 32.2. The fourth-order valence-corrected chi connectivity index (χ4v) is 4.64. The van der Waals surface area contributed by atoms with Gasteiger partial charge in [-0.1, -0.05) is 37.3 Å². The molecular formula is C20H23FN2O3S. The number of nitrogens with one attached hydrogen (secondary N) is 1. The maximum Gasteiger partial charge on any atom is 0.243 e. The predicted molar refractivity (Wildman–Crippen MR) is 101 cm³/mol. The molecule has 1 heterocycles. The van der Waals surface area contributed by atoms with E-state index in [4.69, 9.17) is 0 Å². The molecule has 1 saturated heterocycles. The van der Waals surface area contributed by atoms with Crippen LogP contribution in [0.25, 0.3) is 0 Å². The van der Waals surface area contributed by atoms with Crippen LogP contribution in [0.3, 0.4) is 0 Å². The average Bonchev–Trinajstić information content (AvgIpc) is 2.67. The van der Waals surface area contributed by atoms with Gasteiger partial charge in [-0.05, 0) is 42.7 Å². The quantitative estimate of drug-likeness (QED) is 0.854. The highest BCUT2D eigenvalue weighted by Crippen LogP contribution is 2.33. The van der Waals surface area contributed by atoms with Crippen LogP contribution in [0.15, 0.2) is 59.5 Å². The van der Waals surface area contributed by atoms with Crippen molar-refractivity contribution in [2.75, 3.05) is 13.1 Å². The largest absolute Gasteiger partial charge is 0.352 e. The number of benzene rings is 2. The summed E-state index contributed by atoms with van der Waals surface area (Å²) in [5.74, 6) is -0.541. The molecule has 1 aliphatic heterocycles. The van der Waals surface area contributed by atoms with Crippen molar-refractivity contribution in [2.45, 2.75) is 31.2 Å². The molecule has 1 amide bonds. The SMILES string of the molecule is CC1(C(=O)NCc2ccccc2)CCN(S(=O)(=O)c2ccc(F)cc2)CC1. The van der Waals surface area contributed by atoms with Crippen LogP contribution in [-0.2, 0) is 21.4 Å². The van der Waals surface area contributed by atoms with E-state index in [1.807, 2.05) is 37.3 Å². The molecule has 1 fully saturated rings. The van der Waals surface area contributed by atoms with Gasteiger partial charge in [-0.25, -0.2) is 12.8 Å². The van der Waals surface area contributed by atoms with Gasteiger partial charge in [0, 0.05) is 25.0 Å². The minimum atomic E-state index is -3.67. The van der Waals surface area contributed by atoms with Crippen molar-refractivity contribution in [3.63, 3.8) is 0 Å². The molecule has 2 aromatic rings. The van der Waals surface area contributed by atoms with Gasteiger partial charge in [0.1, 0.15) is 5.82 Å². The number of piperidine rings is 1. The van der Waals surface area contributed by atoms with E-state index in [0.717, 1.165) is 17.7 Å². The van der Waals surface area contributed by atoms with Gasteiger partial charge in [-0.2, -0.15) is 4.31 Å². The van der Waals surface area contributed by atoms with E-state index < -0.39 is 21.3 Å². The van der Waals surface area contributed by atoms with Gasteiger partial charge in [0.05, 0.1) is 4.90 Å². The predicted octanol–water partition coefficient (Wildman–Crippen LogP) is 2.93. The summed E-state index contributed by atoms with van der Waals surface area (Å²) in [6.45, 7) is 2.84. The first-order valence-corrected chi connectivity index (χ1v) is 10.3. The Bertz CT molecular complexity index is 891. The molecule has 7 heteroatoms. The summed E-state index contributed by atoms with van der Waals surface area (Å²) in [4.78, 5) is 12.7. The highest BCUT2D eigenvalue weighted by molar-refractivity contribution is 7.89. The van der Waals surface area contributed by atoms with Crippen molar-refractivity contribution < 1.29 is 17.6 Å². The van der Waals surface area contributed by atoms with Crippen molar-refractivity contribution in [3.05, 3.63) is 66.0 Å². The fraction of sp³-hybridized carbons (Fsp3) is 0.350. The van der Waals surface area contributed by atoms with E-state index in [9.17, 15) is 17.6 Å². The zero-order chi connectivity index (χ0) is 19.5. The Hall–Kier alpha value is -2.25. The standard InChI is InChI=1S/C20H23FN2O3S/c1-20(19(24)22-15-16-5-3-2-4-6-16)11-13-23(14-12-20)27(25,26)18-9-7-17(21)8-10-18/h2-10H,11-15H2,1H3,(H,22,24). The third-order valence-corrected chi connectivity index (χ3v) is 7.03. The normalized spacial score (nSPS) is 17.4. The van der Waals surface area contributed by atoms with Gasteiger partial charge < -0.3 is 5.32 Å². The third-order valence-electron chi connectivity index (χ3n) is 5.12. The Morgan fingerprint density at radius 2 is 1.67 bits per heavy atom. The second kappa shape index (κ2) is 7.78. The molecule has 0 atom stereocenters. The van der Waals surface area contributed by atoms with Gasteiger partial charge in [0.25, 0.3) is 0 Å². The Morgan fingerprint density at radius 1 is 1.07 bits per heavy atom. The van der Waals surface area contributed by atoms with Crippen LogP contribution < -0.4 is 5.32 Å². The lowest BCUT2D eigenvalue weighted by molar-refractivity contribution is -0.132. The Balaban J connectivity index is 1.61. The molecule has 3 rings (SSSR count). The molecule has 0 radical (unpaired) electrons. The Morgan fingerprint density at radius 3 is 2.26 bits per heavy atom. The molecule has 0 spiro atoms. The van der Waals surface area contributed by atoms with Crippen LogP contribution in [0.1, 0.15) is 25.3 Å². The second-order valence-electron chi connectivity index (χ2n) is 7.09. The third kappa shape index (κ3) is 4.36. The van der Waals surface area contributed by atoms with Crippen LogP contribution in [0.4, 0.5) is 4.39 Å². The van der Waals surface area contributed by atoms with E-state index in [1.165, 1.54) is 16.4 Å². The van der Waals surface area contributed by atoms with Crippen molar-refractivity contribution in [1.82, 2.24) is 9.62 Å². The topological polar surface area (TPSA) is 66.5 Å². The van der Waals surface area contributed by atoms with Crippen LogP contribution in [-0.4, -0.2) is 31.7 Å². The minimum absolute atomic E-state index is 0.0646. The molecule has 27 heavy (non-hydrogen) atoms. The number of carbonyl (C=O) groups excluding carboxylic acids is 1. The molecule has 0 saturated carbocycles. The smallest absolute Gasteiger partial charge is 0.243 e. The number of hydrogen-bond acceptors (Lipinski definition) is 3. The molecule has 5 nitrogen and oxygen atoms in total. The van der Waals surface area contributed by atoms with E-state index in [0.29, 0.717) is 19.4 Å². The van der Waals surface area contributed by atoms with E-state index in [1.54, 1.807) is 0 Å². The lowest BCUT2D eigenvalue weighted by atomic mass is 9.80. The van der Waals surface area contributed by atoms with Crippen LogP contribution in [0, 0.1) is 11.2 Å². The van der Waals surface area contributed by atoms with Crippen molar-refractivity contribution in [3.8, 4) is 0 Å². The molecule has 1 N–H and O–H groups in total. The number of halogens is 1. The lowest BCUT2D eigenvalue weighted by Gasteiger charge is -2.37. The highest BCUT2D eigenvalue weighted by Gasteiger charge is 2.40. The van der Waals surface area contributed by atoms with Crippen LogP contribution in [0.2, 0.25) is 0 Å². The number of rotatable bonds is 5. The number of amides is 1. The molecule has 144 valence electrons. The molecule has 0 aliphatic carbocycles. The Labute approximate surface area is 159 Å². The number of sulfonamides is 1. The van der Waals surface area contributed by atoms with E-state index >= 15 is 0 Å². The molecule has 2 aromatic carbocycles. The molecule has 0 aromatic heterocycles. The lowest BCUT2D eigenvalue weighted by Crippen LogP contribution is -2.48. The van der Waals surface area contributed by atoms with Gasteiger partial charge in [0.2, 0.25) is 15.9 Å².